The van der Waals surface area contributed by atoms with E-state index in [9.17, 15) is 9.59 Å². The van der Waals surface area contributed by atoms with Crippen LogP contribution in [0.3, 0.4) is 0 Å². The third-order valence-electron chi connectivity index (χ3n) is 2.70. The number of thioether (sulfide) groups is 1. The van der Waals surface area contributed by atoms with Gasteiger partial charge in [0.1, 0.15) is 6.04 Å². The number of para-hydroxylation sites is 1. The average Bonchev–Trinajstić information content (AvgIpc) is 2.38. The fourth-order valence-electron chi connectivity index (χ4n) is 1.65. The Labute approximate surface area is 122 Å². The van der Waals surface area contributed by atoms with Crippen LogP contribution in [0.4, 0.5) is 5.69 Å². The summed E-state index contributed by atoms with van der Waals surface area (Å²) in [4.78, 5) is 22.4. The molecule has 1 aromatic rings. The van der Waals surface area contributed by atoms with Crippen molar-refractivity contribution in [1.29, 1.82) is 0 Å². The number of nitrogens with one attached hydrogen (secondary N) is 1. The van der Waals surface area contributed by atoms with Gasteiger partial charge in [0.15, 0.2) is 0 Å². The number of benzene rings is 1. The number of aliphatic carboxylic acids is 1. The summed E-state index contributed by atoms with van der Waals surface area (Å²) >= 11 is 1.21. The van der Waals surface area contributed by atoms with E-state index in [1.807, 2.05) is 24.3 Å². The Balaban J connectivity index is 2.49. The zero-order chi connectivity index (χ0) is 15.1. The van der Waals surface area contributed by atoms with Crippen molar-refractivity contribution in [3.05, 3.63) is 29.8 Å². The maximum atomic E-state index is 11.8. The summed E-state index contributed by atoms with van der Waals surface area (Å²) in [6, 6.07) is 6.71. The number of carbonyl (C=O) groups is 2. The molecule has 0 aliphatic rings. The van der Waals surface area contributed by atoms with Gasteiger partial charge in [-0.3, -0.25) is 9.59 Å². The normalized spacial score (nSPS) is 12.2. The van der Waals surface area contributed by atoms with Crippen LogP contribution in [-0.4, -0.2) is 34.5 Å². The smallest absolute Gasteiger partial charge is 0.321 e. The highest BCUT2D eigenvalue weighted by molar-refractivity contribution is 8.00. The van der Waals surface area contributed by atoms with Crippen LogP contribution in [0, 0.1) is 0 Å². The van der Waals surface area contributed by atoms with Gasteiger partial charge in [0.25, 0.3) is 0 Å². The van der Waals surface area contributed by atoms with E-state index in [1.54, 1.807) is 0 Å². The molecule has 1 atom stereocenters. The quantitative estimate of drug-likeness (QED) is 0.714. The molecular weight excluding hydrogens is 276 g/mol. The average molecular weight is 296 g/mol. The van der Waals surface area contributed by atoms with E-state index in [-0.39, 0.29) is 17.4 Å². The molecule has 5 nitrogen and oxygen atoms in total. The lowest BCUT2D eigenvalue weighted by Crippen LogP contribution is -2.33. The minimum Gasteiger partial charge on any atom is -0.480 e. The monoisotopic (exact) mass is 296 g/mol. The molecule has 1 aromatic carbocycles. The van der Waals surface area contributed by atoms with Crippen LogP contribution in [0.5, 0.6) is 0 Å². The number of carboxylic acids is 1. The van der Waals surface area contributed by atoms with Gasteiger partial charge in [-0.1, -0.05) is 32.0 Å². The Bertz CT molecular complexity index is 477. The fraction of sp³-hybridized carbons (Fsp3) is 0.429. The topological polar surface area (TPSA) is 92.4 Å². The molecular formula is C14H20N2O3S. The molecule has 0 fully saturated rings. The zero-order valence-corrected chi connectivity index (χ0v) is 12.4. The molecule has 0 saturated carbocycles. The Hall–Kier alpha value is -1.53. The third kappa shape index (κ3) is 5.22. The minimum atomic E-state index is -1.05. The van der Waals surface area contributed by atoms with Gasteiger partial charge in [-0.05, 0) is 17.5 Å². The molecule has 1 amide bonds. The maximum absolute atomic E-state index is 11.8. The van der Waals surface area contributed by atoms with Crippen LogP contribution in [0.15, 0.2) is 24.3 Å². The standard InChI is InChI=1S/C14H20N2O3S/c1-9(2)10-5-3-4-6-12(10)16-13(17)8-20-7-11(15)14(18)19/h3-6,9,11H,7-8,15H2,1-2H3,(H,16,17)(H,18,19)/t11-/m1/s1. The number of amides is 1. The maximum Gasteiger partial charge on any atom is 0.321 e. The van der Waals surface area contributed by atoms with Gasteiger partial charge in [-0.15, -0.1) is 11.8 Å². The summed E-state index contributed by atoms with van der Waals surface area (Å²) in [6.45, 7) is 4.12. The Morgan fingerprint density at radius 1 is 1.35 bits per heavy atom. The van der Waals surface area contributed by atoms with Gasteiger partial charge >= 0.3 is 5.97 Å². The first-order valence-corrected chi connectivity index (χ1v) is 7.52. The zero-order valence-electron chi connectivity index (χ0n) is 11.6. The number of anilines is 1. The van der Waals surface area contributed by atoms with Crippen molar-refractivity contribution in [2.45, 2.75) is 25.8 Å². The lowest BCUT2D eigenvalue weighted by Gasteiger charge is -2.13. The summed E-state index contributed by atoms with van der Waals surface area (Å²) in [7, 11) is 0. The van der Waals surface area contributed by atoms with E-state index in [1.165, 1.54) is 11.8 Å². The van der Waals surface area contributed by atoms with Gasteiger partial charge in [0.2, 0.25) is 5.91 Å². The lowest BCUT2D eigenvalue weighted by atomic mass is 10.0. The van der Waals surface area contributed by atoms with E-state index in [0.717, 1.165) is 11.3 Å². The highest BCUT2D eigenvalue weighted by Gasteiger charge is 2.13. The van der Waals surface area contributed by atoms with Crippen molar-refractivity contribution in [2.75, 3.05) is 16.8 Å². The van der Waals surface area contributed by atoms with Gasteiger partial charge in [-0.25, -0.2) is 0 Å². The van der Waals surface area contributed by atoms with Gasteiger partial charge in [0, 0.05) is 11.4 Å². The fourth-order valence-corrected chi connectivity index (χ4v) is 2.42. The molecule has 0 aromatic heterocycles. The summed E-state index contributed by atoms with van der Waals surface area (Å²) in [5.41, 5.74) is 7.25. The molecule has 0 aliphatic heterocycles. The highest BCUT2D eigenvalue weighted by atomic mass is 32.2. The van der Waals surface area contributed by atoms with E-state index >= 15 is 0 Å². The van der Waals surface area contributed by atoms with Crippen molar-refractivity contribution >= 4 is 29.3 Å². The van der Waals surface area contributed by atoms with Crippen LogP contribution in [0.1, 0.15) is 25.3 Å². The number of carbonyl (C=O) groups excluding carboxylic acids is 1. The molecule has 0 bridgehead atoms. The van der Waals surface area contributed by atoms with Gasteiger partial charge < -0.3 is 16.2 Å². The van der Waals surface area contributed by atoms with Crippen molar-refractivity contribution in [3.63, 3.8) is 0 Å². The van der Waals surface area contributed by atoms with Crippen molar-refractivity contribution in [2.24, 2.45) is 5.73 Å². The van der Waals surface area contributed by atoms with E-state index in [2.05, 4.69) is 19.2 Å². The number of hydrogen-bond acceptors (Lipinski definition) is 4. The number of nitrogens with two attached hydrogens (primary N) is 1. The summed E-state index contributed by atoms with van der Waals surface area (Å²) in [5, 5.41) is 11.5. The SMILES string of the molecule is CC(C)c1ccccc1NC(=O)CSC[C@@H](N)C(=O)O. The molecule has 0 spiro atoms. The molecule has 20 heavy (non-hydrogen) atoms. The second-order valence-electron chi connectivity index (χ2n) is 4.75. The van der Waals surface area contributed by atoms with Gasteiger partial charge in [0.05, 0.1) is 5.75 Å². The van der Waals surface area contributed by atoms with Crippen LogP contribution >= 0.6 is 11.8 Å². The first-order chi connectivity index (χ1) is 9.41. The second kappa shape index (κ2) is 7.91. The number of rotatable bonds is 7. The second-order valence-corrected chi connectivity index (χ2v) is 5.78. The summed E-state index contributed by atoms with van der Waals surface area (Å²) in [6.07, 6.45) is 0. The predicted octanol–water partition coefficient (Wildman–Crippen LogP) is 1.89. The molecule has 0 unspecified atom stereocenters. The largest absolute Gasteiger partial charge is 0.480 e. The van der Waals surface area contributed by atoms with E-state index in [4.69, 9.17) is 10.8 Å². The molecule has 0 saturated heterocycles. The van der Waals surface area contributed by atoms with Gasteiger partial charge in [-0.2, -0.15) is 0 Å². The molecule has 0 aliphatic carbocycles. The van der Waals surface area contributed by atoms with Crippen molar-refractivity contribution in [3.8, 4) is 0 Å². The molecule has 110 valence electrons. The first-order valence-electron chi connectivity index (χ1n) is 6.36. The number of hydrogen-bond donors (Lipinski definition) is 3. The van der Waals surface area contributed by atoms with Crippen molar-refractivity contribution < 1.29 is 14.7 Å². The summed E-state index contributed by atoms with van der Waals surface area (Å²) < 4.78 is 0. The Morgan fingerprint density at radius 2 is 2.00 bits per heavy atom. The Kier molecular flexibility index (Phi) is 6.54. The van der Waals surface area contributed by atoms with Crippen LogP contribution in [0.25, 0.3) is 0 Å². The lowest BCUT2D eigenvalue weighted by molar-refractivity contribution is -0.137. The molecule has 0 radical (unpaired) electrons. The van der Waals surface area contributed by atoms with Crippen LogP contribution in [-0.2, 0) is 9.59 Å². The predicted molar refractivity (Wildman–Crippen MR) is 82.1 cm³/mol. The Morgan fingerprint density at radius 3 is 2.60 bits per heavy atom. The van der Waals surface area contributed by atoms with Crippen LogP contribution < -0.4 is 11.1 Å². The highest BCUT2D eigenvalue weighted by Crippen LogP contribution is 2.23. The molecule has 0 heterocycles. The number of carboxylic acid groups (broad SMARTS) is 1. The summed E-state index contributed by atoms with van der Waals surface area (Å²) in [5.74, 6) is -0.481. The first kappa shape index (κ1) is 16.5. The van der Waals surface area contributed by atoms with Crippen molar-refractivity contribution in [1.82, 2.24) is 0 Å². The van der Waals surface area contributed by atoms with E-state index < -0.39 is 12.0 Å². The minimum absolute atomic E-state index is 0.152. The van der Waals surface area contributed by atoms with E-state index in [0.29, 0.717) is 5.92 Å². The van der Waals surface area contributed by atoms with Crippen LogP contribution in [0.2, 0.25) is 0 Å². The molecule has 4 N–H and O–H groups in total. The molecule has 1 rings (SSSR count). The molecule has 6 heteroatoms. The third-order valence-corrected chi connectivity index (χ3v) is 3.77.